The Hall–Kier alpha value is -1.49. The standard InChI is InChI=1S/C13H18F2N2O/c1-17(2)13(18)4-6-16-5-3-10-7-11(14)9-12(15)8-10/h7-9,16H,3-6H2,1-2H3. The second-order valence-corrected chi connectivity index (χ2v) is 4.32. The fourth-order valence-electron chi connectivity index (χ4n) is 1.53. The molecule has 0 spiro atoms. The maximum atomic E-state index is 12.9. The van der Waals surface area contributed by atoms with Crippen molar-refractivity contribution < 1.29 is 13.6 Å². The molecule has 3 nitrogen and oxygen atoms in total. The van der Waals surface area contributed by atoms with Crippen molar-refractivity contribution >= 4 is 5.91 Å². The predicted molar refractivity (Wildman–Crippen MR) is 66.2 cm³/mol. The molecule has 1 aromatic carbocycles. The number of nitrogens with one attached hydrogen (secondary N) is 1. The number of rotatable bonds is 6. The molecule has 0 heterocycles. The molecule has 0 bridgehead atoms. The molecule has 100 valence electrons. The van der Waals surface area contributed by atoms with E-state index < -0.39 is 11.6 Å². The number of nitrogens with zero attached hydrogens (tertiary/aromatic N) is 1. The van der Waals surface area contributed by atoms with Crippen LogP contribution in [0.1, 0.15) is 12.0 Å². The molecule has 0 atom stereocenters. The number of hydrogen-bond acceptors (Lipinski definition) is 2. The van der Waals surface area contributed by atoms with Gasteiger partial charge in [0.05, 0.1) is 0 Å². The Bertz CT molecular complexity index is 388. The van der Waals surface area contributed by atoms with Crippen molar-refractivity contribution in [3.05, 3.63) is 35.4 Å². The van der Waals surface area contributed by atoms with Crippen molar-refractivity contribution in [2.24, 2.45) is 0 Å². The van der Waals surface area contributed by atoms with E-state index >= 15 is 0 Å². The van der Waals surface area contributed by atoms with Crippen LogP contribution in [0.2, 0.25) is 0 Å². The van der Waals surface area contributed by atoms with Crippen LogP contribution in [-0.4, -0.2) is 38.0 Å². The first-order valence-electron chi connectivity index (χ1n) is 5.85. The SMILES string of the molecule is CN(C)C(=O)CCNCCc1cc(F)cc(F)c1. The van der Waals surface area contributed by atoms with Crippen molar-refractivity contribution in [1.29, 1.82) is 0 Å². The molecule has 0 saturated carbocycles. The summed E-state index contributed by atoms with van der Waals surface area (Å²) in [6.07, 6.45) is 0.954. The number of hydrogen-bond donors (Lipinski definition) is 1. The topological polar surface area (TPSA) is 32.3 Å². The van der Waals surface area contributed by atoms with Crippen LogP contribution in [-0.2, 0) is 11.2 Å². The molecule has 0 fully saturated rings. The first kappa shape index (κ1) is 14.6. The van der Waals surface area contributed by atoms with Crippen molar-refractivity contribution in [2.75, 3.05) is 27.2 Å². The quantitative estimate of drug-likeness (QED) is 0.784. The number of benzene rings is 1. The van der Waals surface area contributed by atoms with Gasteiger partial charge in [-0.25, -0.2) is 8.78 Å². The van der Waals surface area contributed by atoms with Gasteiger partial charge in [0.1, 0.15) is 11.6 Å². The average Bonchev–Trinajstić information content (AvgIpc) is 2.26. The van der Waals surface area contributed by atoms with E-state index in [0.717, 1.165) is 6.07 Å². The zero-order valence-corrected chi connectivity index (χ0v) is 10.7. The molecule has 0 aliphatic heterocycles. The van der Waals surface area contributed by atoms with Gasteiger partial charge in [-0.05, 0) is 30.7 Å². The second kappa shape index (κ2) is 7.06. The summed E-state index contributed by atoms with van der Waals surface area (Å²) < 4.78 is 25.8. The van der Waals surface area contributed by atoms with Gasteiger partial charge in [0.15, 0.2) is 0 Å². The zero-order chi connectivity index (χ0) is 13.5. The Morgan fingerprint density at radius 2 is 1.78 bits per heavy atom. The van der Waals surface area contributed by atoms with E-state index in [4.69, 9.17) is 0 Å². The summed E-state index contributed by atoms with van der Waals surface area (Å²) in [4.78, 5) is 12.8. The molecule has 0 aromatic heterocycles. The zero-order valence-electron chi connectivity index (χ0n) is 10.7. The molecule has 0 aliphatic rings. The number of carbonyl (C=O) groups is 1. The van der Waals surface area contributed by atoms with Gasteiger partial charge in [0, 0.05) is 33.1 Å². The van der Waals surface area contributed by atoms with Crippen LogP contribution in [0.4, 0.5) is 8.78 Å². The maximum Gasteiger partial charge on any atom is 0.223 e. The molecule has 1 amide bonds. The minimum atomic E-state index is -0.562. The number of amides is 1. The van der Waals surface area contributed by atoms with E-state index in [9.17, 15) is 13.6 Å². The molecule has 0 unspecified atom stereocenters. The molecule has 0 radical (unpaired) electrons. The Kier molecular flexibility index (Phi) is 5.71. The fraction of sp³-hybridized carbons (Fsp3) is 0.462. The van der Waals surface area contributed by atoms with Crippen LogP contribution in [0.5, 0.6) is 0 Å². The molecular weight excluding hydrogens is 238 g/mol. The third kappa shape index (κ3) is 5.23. The van der Waals surface area contributed by atoms with Crippen LogP contribution in [0, 0.1) is 11.6 Å². The monoisotopic (exact) mass is 256 g/mol. The Balaban J connectivity index is 2.24. The molecule has 0 aliphatic carbocycles. The third-order valence-electron chi connectivity index (χ3n) is 2.53. The fourth-order valence-corrected chi connectivity index (χ4v) is 1.53. The molecule has 1 rings (SSSR count). The van der Waals surface area contributed by atoms with E-state index in [-0.39, 0.29) is 5.91 Å². The van der Waals surface area contributed by atoms with Crippen LogP contribution < -0.4 is 5.32 Å². The van der Waals surface area contributed by atoms with Gasteiger partial charge in [0.25, 0.3) is 0 Å². The van der Waals surface area contributed by atoms with E-state index in [1.807, 2.05) is 0 Å². The van der Waals surface area contributed by atoms with E-state index in [0.29, 0.717) is 31.5 Å². The van der Waals surface area contributed by atoms with Gasteiger partial charge in [-0.3, -0.25) is 4.79 Å². The molecule has 5 heteroatoms. The highest BCUT2D eigenvalue weighted by molar-refractivity contribution is 5.75. The van der Waals surface area contributed by atoms with Gasteiger partial charge >= 0.3 is 0 Å². The largest absolute Gasteiger partial charge is 0.349 e. The Morgan fingerprint density at radius 1 is 1.17 bits per heavy atom. The molecule has 0 saturated heterocycles. The number of carbonyl (C=O) groups excluding carboxylic acids is 1. The summed E-state index contributed by atoms with van der Waals surface area (Å²) in [6, 6.07) is 3.48. The summed E-state index contributed by atoms with van der Waals surface area (Å²) in [7, 11) is 3.41. The summed E-state index contributed by atoms with van der Waals surface area (Å²) in [5.74, 6) is -1.07. The van der Waals surface area contributed by atoms with E-state index in [1.165, 1.54) is 17.0 Å². The highest BCUT2D eigenvalue weighted by Gasteiger charge is 2.03. The van der Waals surface area contributed by atoms with Gasteiger partial charge in [0.2, 0.25) is 5.91 Å². The van der Waals surface area contributed by atoms with Crippen molar-refractivity contribution in [3.63, 3.8) is 0 Å². The van der Waals surface area contributed by atoms with Crippen molar-refractivity contribution in [3.8, 4) is 0 Å². The van der Waals surface area contributed by atoms with Crippen LogP contribution in [0.15, 0.2) is 18.2 Å². The lowest BCUT2D eigenvalue weighted by Crippen LogP contribution is -2.27. The summed E-state index contributed by atoms with van der Waals surface area (Å²) in [5, 5.41) is 3.07. The Labute approximate surface area is 106 Å². The minimum absolute atomic E-state index is 0.0549. The highest BCUT2D eigenvalue weighted by Crippen LogP contribution is 2.07. The highest BCUT2D eigenvalue weighted by atomic mass is 19.1. The number of halogens is 2. The molecule has 1 aromatic rings. The lowest BCUT2D eigenvalue weighted by molar-refractivity contribution is -0.128. The average molecular weight is 256 g/mol. The molecule has 18 heavy (non-hydrogen) atoms. The lowest BCUT2D eigenvalue weighted by Gasteiger charge is -2.10. The molecule has 1 N–H and O–H groups in total. The van der Waals surface area contributed by atoms with Crippen molar-refractivity contribution in [2.45, 2.75) is 12.8 Å². The van der Waals surface area contributed by atoms with Gasteiger partial charge in [-0.15, -0.1) is 0 Å². The van der Waals surface area contributed by atoms with E-state index in [2.05, 4.69) is 5.32 Å². The second-order valence-electron chi connectivity index (χ2n) is 4.32. The summed E-state index contributed by atoms with van der Waals surface area (Å²) >= 11 is 0. The first-order valence-corrected chi connectivity index (χ1v) is 5.85. The first-order chi connectivity index (χ1) is 8.49. The van der Waals surface area contributed by atoms with Gasteiger partial charge < -0.3 is 10.2 Å². The summed E-state index contributed by atoms with van der Waals surface area (Å²) in [6.45, 7) is 1.15. The minimum Gasteiger partial charge on any atom is -0.349 e. The van der Waals surface area contributed by atoms with Crippen molar-refractivity contribution in [1.82, 2.24) is 10.2 Å². The maximum absolute atomic E-state index is 12.9. The van der Waals surface area contributed by atoms with Gasteiger partial charge in [-0.2, -0.15) is 0 Å². The van der Waals surface area contributed by atoms with Crippen LogP contribution >= 0.6 is 0 Å². The lowest BCUT2D eigenvalue weighted by atomic mass is 10.1. The summed E-state index contributed by atoms with van der Waals surface area (Å²) in [5.41, 5.74) is 0.610. The third-order valence-corrected chi connectivity index (χ3v) is 2.53. The Morgan fingerprint density at radius 3 is 2.33 bits per heavy atom. The predicted octanol–water partition coefficient (Wildman–Crippen LogP) is 1.58. The van der Waals surface area contributed by atoms with Crippen LogP contribution in [0.3, 0.4) is 0 Å². The van der Waals surface area contributed by atoms with Gasteiger partial charge in [-0.1, -0.05) is 0 Å². The smallest absolute Gasteiger partial charge is 0.223 e. The molecular formula is C13H18F2N2O. The normalized spacial score (nSPS) is 10.4. The van der Waals surface area contributed by atoms with E-state index in [1.54, 1.807) is 14.1 Å². The van der Waals surface area contributed by atoms with Crippen LogP contribution in [0.25, 0.3) is 0 Å².